The average molecular weight is 430 g/mol. The van der Waals surface area contributed by atoms with E-state index in [4.69, 9.17) is 4.18 Å². The molecule has 0 spiro atoms. The molecule has 0 heterocycles. The molecule has 0 unspecified atom stereocenters. The second-order valence-electron chi connectivity index (χ2n) is 8.70. The van der Waals surface area contributed by atoms with Gasteiger partial charge in [0, 0.05) is 0 Å². The van der Waals surface area contributed by atoms with Crippen LogP contribution in [0.5, 0.6) is 5.75 Å². The molecular formula is C24H31NO4S. The number of amides is 1. The smallest absolute Gasteiger partial charge is 0.366 e. The highest BCUT2D eigenvalue weighted by Crippen LogP contribution is 2.42. The Kier molecular flexibility index (Phi) is 6.56. The van der Waals surface area contributed by atoms with E-state index in [-0.39, 0.29) is 11.8 Å². The third kappa shape index (κ3) is 4.53. The first-order valence-electron chi connectivity index (χ1n) is 10.6. The molecule has 1 aliphatic carbocycles. The highest BCUT2D eigenvalue weighted by atomic mass is 32.2. The highest BCUT2D eigenvalue weighted by Gasteiger charge is 2.44. The molecule has 5 nitrogen and oxygen atoms in total. The SMILES string of the molecule is CC(C)c1cccc(C(C)C)c1OS(=O)(=O)NC(=O)C1(c2ccccc2)CCCC1. The Balaban J connectivity index is 1.92. The van der Waals surface area contributed by atoms with E-state index in [1.165, 1.54) is 0 Å². The van der Waals surface area contributed by atoms with E-state index in [9.17, 15) is 13.2 Å². The molecule has 2 aromatic carbocycles. The Morgan fingerprint density at radius 1 is 0.900 bits per heavy atom. The van der Waals surface area contributed by atoms with E-state index in [0.717, 1.165) is 29.5 Å². The van der Waals surface area contributed by atoms with Crippen molar-refractivity contribution in [2.24, 2.45) is 0 Å². The fourth-order valence-electron chi connectivity index (χ4n) is 4.30. The molecule has 1 fully saturated rings. The van der Waals surface area contributed by atoms with Crippen molar-refractivity contribution in [3.05, 3.63) is 65.2 Å². The first-order chi connectivity index (χ1) is 14.2. The molecule has 0 radical (unpaired) electrons. The van der Waals surface area contributed by atoms with Gasteiger partial charge in [0.15, 0.2) is 5.75 Å². The Morgan fingerprint density at radius 3 is 1.93 bits per heavy atom. The fraction of sp³-hybridized carbons (Fsp3) is 0.458. The quantitative estimate of drug-likeness (QED) is 0.658. The molecule has 162 valence electrons. The molecule has 0 aromatic heterocycles. The molecule has 6 heteroatoms. The second kappa shape index (κ2) is 8.80. The predicted molar refractivity (Wildman–Crippen MR) is 119 cm³/mol. The van der Waals surface area contributed by atoms with Crippen LogP contribution in [0.4, 0.5) is 0 Å². The largest absolute Gasteiger partial charge is 0.409 e. The van der Waals surface area contributed by atoms with Gasteiger partial charge in [0.2, 0.25) is 5.91 Å². The van der Waals surface area contributed by atoms with Gasteiger partial charge in [-0.25, -0.2) is 4.72 Å². The van der Waals surface area contributed by atoms with Crippen molar-refractivity contribution >= 4 is 16.2 Å². The number of hydrogen-bond acceptors (Lipinski definition) is 4. The predicted octanol–water partition coefficient (Wildman–Crippen LogP) is 5.19. The lowest BCUT2D eigenvalue weighted by Gasteiger charge is -2.28. The topological polar surface area (TPSA) is 72.5 Å². The van der Waals surface area contributed by atoms with Gasteiger partial charge in [-0.05, 0) is 41.4 Å². The molecule has 0 bridgehead atoms. The van der Waals surface area contributed by atoms with E-state index in [2.05, 4.69) is 4.72 Å². The van der Waals surface area contributed by atoms with Crippen LogP contribution in [0.3, 0.4) is 0 Å². The maximum Gasteiger partial charge on any atom is 0.409 e. The van der Waals surface area contributed by atoms with Crippen molar-refractivity contribution in [1.29, 1.82) is 0 Å². The molecule has 2 aromatic rings. The van der Waals surface area contributed by atoms with E-state index in [0.29, 0.717) is 18.6 Å². The monoisotopic (exact) mass is 429 g/mol. The summed E-state index contributed by atoms with van der Waals surface area (Å²) in [7, 11) is -4.33. The van der Waals surface area contributed by atoms with Crippen LogP contribution in [-0.2, 0) is 20.5 Å². The van der Waals surface area contributed by atoms with Crippen molar-refractivity contribution in [3.63, 3.8) is 0 Å². The highest BCUT2D eigenvalue weighted by molar-refractivity contribution is 7.85. The molecule has 1 N–H and O–H groups in total. The van der Waals surface area contributed by atoms with Crippen LogP contribution < -0.4 is 8.91 Å². The van der Waals surface area contributed by atoms with Crippen LogP contribution in [0.25, 0.3) is 0 Å². The van der Waals surface area contributed by atoms with Gasteiger partial charge in [-0.1, -0.05) is 89.1 Å². The third-order valence-corrected chi connectivity index (χ3v) is 6.77. The molecule has 1 aliphatic rings. The number of carbonyl (C=O) groups excluding carboxylic acids is 1. The van der Waals surface area contributed by atoms with Gasteiger partial charge in [0.25, 0.3) is 0 Å². The van der Waals surface area contributed by atoms with Crippen LogP contribution >= 0.6 is 0 Å². The van der Waals surface area contributed by atoms with Gasteiger partial charge in [0.05, 0.1) is 5.41 Å². The molecule has 1 amide bonds. The maximum absolute atomic E-state index is 13.2. The number of para-hydroxylation sites is 1. The number of benzene rings is 2. The third-order valence-electron chi connectivity index (χ3n) is 5.95. The maximum atomic E-state index is 13.2. The lowest BCUT2D eigenvalue weighted by molar-refractivity contribution is -0.124. The zero-order valence-corrected chi connectivity index (χ0v) is 19.0. The van der Waals surface area contributed by atoms with Crippen LogP contribution in [0.1, 0.15) is 81.9 Å². The van der Waals surface area contributed by atoms with E-state index in [1.54, 1.807) is 0 Å². The van der Waals surface area contributed by atoms with Crippen LogP contribution in [0.15, 0.2) is 48.5 Å². The lowest BCUT2D eigenvalue weighted by Crippen LogP contribution is -2.46. The molecule has 1 saturated carbocycles. The van der Waals surface area contributed by atoms with Crippen molar-refractivity contribution < 1.29 is 17.4 Å². The van der Waals surface area contributed by atoms with Crippen molar-refractivity contribution in [1.82, 2.24) is 4.72 Å². The Hall–Kier alpha value is -2.34. The number of rotatable bonds is 7. The first kappa shape index (κ1) is 22.3. The van der Waals surface area contributed by atoms with Crippen LogP contribution in [0, 0.1) is 0 Å². The summed E-state index contributed by atoms with van der Waals surface area (Å²) in [5.74, 6) is -0.0347. The van der Waals surface area contributed by atoms with Crippen LogP contribution in [0.2, 0.25) is 0 Å². The zero-order valence-electron chi connectivity index (χ0n) is 18.1. The summed E-state index contributed by atoms with van der Waals surface area (Å²) in [5, 5.41) is 0. The van der Waals surface area contributed by atoms with Gasteiger partial charge >= 0.3 is 10.3 Å². The van der Waals surface area contributed by atoms with Gasteiger partial charge in [-0.15, -0.1) is 0 Å². The number of nitrogens with one attached hydrogen (secondary N) is 1. The van der Waals surface area contributed by atoms with Crippen molar-refractivity contribution in [2.75, 3.05) is 0 Å². The summed E-state index contributed by atoms with van der Waals surface area (Å²) in [4.78, 5) is 13.2. The molecule has 0 atom stereocenters. The normalized spacial score (nSPS) is 16.1. The average Bonchev–Trinajstić information content (AvgIpc) is 3.19. The fourth-order valence-corrected chi connectivity index (χ4v) is 5.18. The second-order valence-corrected chi connectivity index (χ2v) is 9.98. The number of carbonyl (C=O) groups is 1. The summed E-state index contributed by atoms with van der Waals surface area (Å²) in [5.41, 5.74) is 1.62. The summed E-state index contributed by atoms with van der Waals surface area (Å²) < 4.78 is 33.6. The van der Waals surface area contributed by atoms with Gasteiger partial charge in [-0.3, -0.25) is 4.79 Å². The van der Waals surface area contributed by atoms with Crippen LogP contribution in [-0.4, -0.2) is 14.3 Å². The molecular weight excluding hydrogens is 398 g/mol. The van der Waals surface area contributed by atoms with Gasteiger partial charge < -0.3 is 4.18 Å². The minimum atomic E-state index is -4.33. The number of hydrogen-bond donors (Lipinski definition) is 1. The standard InChI is InChI=1S/C24H31NO4S/c1-17(2)20-13-10-14-21(18(3)4)22(20)29-30(27,28)25-23(26)24(15-8-9-16-24)19-11-6-5-7-12-19/h5-7,10-14,17-18H,8-9,15-16H2,1-4H3,(H,25,26). The first-order valence-corrected chi connectivity index (χ1v) is 12.0. The van der Waals surface area contributed by atoms with Gasteiger partial charge in [-0.2, -0.15) is 8.42 Å². The minimum Gasteiger partial charge on any atom is -0.366 e. The summed E-state index contributed by atoms with van der Waals surface area (Å²) in [6.45, 7) is 7.95. The summed E-state index contributed by atoms with van der Waals surface area (Å²) >= 11 is 0. The lowest BCUT2D eigenvalue weighted by atomic mass is 9.78. The molecule has 0 aliphatic heterocycles. The minimum absolute atomic E-state index is 0.0788. The Morgan fingerprint density at radius 2 is 1.43 bits per heavy atom. The molecule has 30 heavy (non-hydrogen) atoms. The van der Waals surface area contributed by atoms with Crippen molar-refractivity contribution in [3.8, 4) is 5.75 Å². The van der Waals surface area contributed by atoms with Crippen molar-refractivity contribution in [2.45, 2.75) is 70.6 Å². The van der Waals surface area contributed by atoms with Gasteiger partial charge in [0.1, 0.15) is 0 Å². The summed E-state index contributed by atoms with van der Waals surface area (Å²) in [6, 6.07) is 15.1. The summed E-state index contributed by atoms with van der Waals surface area (Å²) in [6.07, 6.45) is 3.02. The van der Waals surface area contributed by atoms with E-state index in [1.807, 2.05) is 76.2 Å². The zero-order chi connectivity index (χ0) is 21.9. The molecule has 3 rings (SSSR count). The Labute approximate surface area is 180 Å². The van der Waals surface area contributed by atoms with E-state index < -0.39 is 21.6 Å². The Bertz CT molecular complexity index is 965. The molecule has 0 saturated heterocycles. The van der Waals surface area contributed by atoms with E-state index >= 15 is 0 Å².